The van der Waals surface area contributed by atoms with Gasteiger partial charge >= 0.3 is 11.8 Å². The molecule has 0 saturated carbocycles. The molecule has 0 radical (unpaired) electrons. The van der Waals surface area contributed by atoms with E-state index in [9.17, 15) is 9.59 Å². The maximum Gasteiger partial charge on any atom is 0.313 e. The summed E-state index contributed by atoms with van der Waals surface area (Å²) >= 11 is 0. The number of methoxy groups -OCH3 is 1. The summed E-state index contributed by atoms with van der Waals surface area (Å²) in [5.41, 5.74) is 3.41. The van der Waals surface area contributed by atoms with Gasteiger partial charge in [0.15, 0.2) is 0 Å². The van der Waals surface area contributed by atoms with Crippen LogP contribution in [0, 0.1) is 13.8 Å². The van der Waals surface area contributed by atoms with Gasteiger partial charge in [-0.05, 0) is 42.7 Å². The second-order valence-corrected chi connectivity index (χ2v) is 5.62. The summed E-state index contributed by atoms with van der Waals surface area (Å²) in [5.74, 6) is -0.459. The molecule has 0 unspecified atom stereocenters. The number of aryl methyl sites for hydroxylation is 2. The van der Waals surface area contributed by atoms with E-state index in [-0.39, 0.29) is 0 Å². The predicted octanol–water partition coefficient (Wildman–Crippen LogP) is 2.30. The van der Waals surface area contributed by atoms with Crippen molar-refractivity contribution in [3.05, 3.63) is 53.3 Å². The average Bonchev–Trinajstić information content (AvgIpc) is 2.54. The van der Waals surface area contributed by atoms with Crippen LogP contribution in [-0.2, 0) is 16.1 Å². The van der Waals surface area contributed by atoms with Crippen LogP contribution in [0.2, 0.25) is 0 Å². The number of amides is 2. The molecule has 1 N–H and O–H groups in total. The van der Waals surface area contributed by atoms with Crippen LogP contribution < -0.4 is 10.1 Å². The highest BCUT2D eigenvalue weighted by atomic mass is 16.5. The van der Waals surface area contributed by atoms with E-state index in [2.05, 4.69) is 10.3 Å². The standard InChI is InChI=1S/C18H21N3O3/c1-12-8-14(9-13(2)16(12)24-4)11-21(3)18(23)17(22)20-15-6-5-7-19-10-15/h5-10H,11H2,1-4H3,(H,20,22). The van der Waals surface area contributed by atoms with Gasteiger partial charge in [-0.3, -0.25) is 14.6 Å². The minimum absolute atomic E-state index is 0.338. The summed E-state index contributed by atoms with van der Waals surface area (Å²) in [5, 5.41) is 2.54. The number of aromatic nitrogens is 1. The fourth-order valence-corrected chi connectivity index (χ4v) is 2.59. The smallest absolute Gasteiger partial charge is 0.313 e. The summed E-state index contributed by atoms with van der Waals surface area (Å²) in [4.78, 5) is 29.5. The predicted molar refractivity (Wildman–Crippen MR) is 91.8 cm³/mol. The number of nitrogens with one attached hydrogen (secondary N) is 1. The first kappa shape index (κ1) is 17.5. The first-order valence-electron chi connectivity index (χ1n) is 7.53. The molecule has 6 nitrogen and oxygen atoms in total. The topological polar surface area (TPSA) is 71.5 Å². The van der Waals surface area contributed by atoms with Crippen LogP contribution in [-0.4, -0.2) is 35.9 Å². The number of nitrogens with zero attached hydrogens (tertiary/aromatic N) is 2. The van der Waals surface area contributed by atoms with E-state index in [1.54, 1.807) is 32.5 Å². The molecule has 2 aromatic rings. The van der Waals surface area contributed by atoms with Gasteiger partial charge in [0.2, 0.25) is 0 Å². The fraction of sp³-hybridized carbons (Fsp3) is 0.278. The maximum absolute atomic E-state index is 12.2. The number of carbonyl (C=O) groups excluding carboxylic acids is 2. The lowest BCUT2D eigenvalue weighted by atomic mass is 10.1. The first-order chi connectivity index (χ1) is 11.4. The van der Waals surface area contributed by atoms with Gasteiger partial charge < -0.3 is 15.0 Å². The molecule has 0 bridgehead atoms. The van der Waals surface area contributed by atoms with Gasteiger partial charge in [-0.2, -0.15) is 0 Å². The van der Waals surface area contributed by atoms with Crippen LogP contribution in [0.1, 0.15) is 16.7 Å². The molecule has 0 fully saturated rings. The highest BCUT2D eigenvalue weighted by Crippen LogP contribution is 2.24. The number of benzene rings is 1. The van der Waals surface area contributed by atoms with Gasteiger partial charge in [-0.1, -0.05) is 12.1 Å². The van der Waals surface area contributed by atoms with E-state index in [0.29, 0.717) is 12.2 Å². The lowest BCUT2D eigenvalue weighted by Crippen LogP contribution is -2.36. The highest BCUT2D eigenvalue weighted by molar-refractivity contribution is 6.39. The molecule has 0 aliphatic heterocycles. The Morgan fingerprint density at radius 3 is 2.46 bits per heavy atom. The summed E-state index contributed by atoms with van der Waals surface area (Å²) in [7, 11) is 3.23. The van der Waals surface area contributed by atoms with Gasteiger partial charge in [-0.15, -0.1) is 0 Å². The monoisotopic (exact) mass is 327 g/mol. The van der Waals surface area contributed by atoms with Crippen molar-refractivity contribution in [2.75, 3.05) is 19.5 Å². The minimum Gasteiger partial charge on any atom is -0.496 e. The van der Waals surface area contributed by atoms with Gasteiger partial charge in [-0.25, -0.2) is 0 Å². The Hall–Kier alpha value is -2.89. The van der Waals surface area contributed by atoms with Crippen LogP contribution >= 0.6 is 0 Å². The number of hydrogen-bond donors (Lipinski definition) is 1. The van der Waals surface area contributed by atoms with Crippen LogP contribution in [0.3, 0.4) is 0 Å². The average molecular weight is 327 g/mol. The molecular weight excluding hydrogens is 306 g/mol. The van der Waals surface area contributed by atoms with Gasteiger partial charge in [0, 0.05) is 19.8 Å². The Labute approximate surface area is 141 Å². The Kier molecular flexibility index (Phi) is 5.52. The van der Waals surface area contributed by atoms with Crippen molar-refractivity contribution >= 4 is 17.5 Å². The van der Waals surface area contributed by atoms with Crippen molar-refractivity contribution in [1.82, 2.24) is 9.88 Å². The molecule has 1 aromatic carbocycles. The molecule has 2 rings (SSSR count). The summed E-state index contributed by atoms with van der Waals surface area (Å²) in [6.45, 7) is 4.24. The first-order valence-corrected chi connectivity index (χ1v) is 7.53. The quantitative estimate of drug-likeness (QED) is 0.875. The zero-order valence-corrected chi connectivity index (χ0v) is 14.3. The lowest BCUT2D eigenvalue weighted by molar-refractivity contribution is -0.142. The Balaban J connectivity index is 2.05. The normalized spacial score (nSPS) is 10.2. The zero-order valence-electron chi connectivity index (χ0n) is 14.3. The highest BCUT2D eigenvalue weighted by Gasteiger charge is 2.19. The third kappa shape index (κ3) is 4.10. The largest absolute Gasteiger partial charge is 0.496 e. The van der Waals surface area contributed by atoms with Crippen molar-refractivity contribution in [2.45, 2.75) is 20.4 Å². The summed E-state index contributed by atoms with van der Waals surface area (Å²) in [6.07, 6.45) is 3.08. The Morgan fingerprint density at radius 2 is 1.92 bits per heavy atom. The number of ether oxygens (including phenoxy) is 1. The number of pyridine rings is 1. The number of rotatable bonds is 4. The molecule has 0 spiro atoms. The fourth-order valence-electron chi connectivity index (χ4n) is 2.59. The van der Waals surface area contributed by atoms with E-state index in [1.165, 1.54) is 11.1 Å². The molecule has 1 aromatic heterocycles. The van der Waals surface area contributed by atoms with E-state index in [0.717, 1.165) is 22.4 Å². The molecule has 0 aliphatic carbocycles. The second-order valence-electron chi connectivity index (χ2n) is 5.62. The van der Waals surface area contributed by atoms with E-state index >= 15 is 0 Å². The van der Waals surface area contributed by atoms with Crippen molar-refractivity contribution in [1.29, 1.82) is 0 Å². The van der Waals surface area contributed by atoms with Crippen LogP contribution in [0.5, 0.6) is 5.75 Å². The number of hydrogen-bond acceptors (Lipinski definition) is 4. The van der Waals surface area contributed by atoms with Crippen molar-refractivity contribution in [3.8, 4) is 5.75 Å². The minimum atomic E-state index is -0.688. The molecule has 126 valence electrons. The molecule has 0 saturated heterocycles. The number of anilines is 1. The van der Waals surface area contributed by atoms with Gasteiger partial charge in [0.1, 0.15) is 5.75 Å². The Morgan fingerprint density at radius 1 is 1.25 bits per heavy atom. The molecule has 1 heterocycles. The van der Waals surface area contributed by atoms with Crippen molar-refractivity contribution < 1.29 is 14.3 Å². The SMILES string of the molecule is COc1c(C)cc(CN(C)C(=O)C(=O)Nc2cccnc2)cc1C. The zero-order chi connectivity index (χ0) is 17.7. The van der Waals surface area contributed by atoms with Crippen LogP contribution in [0.25, 0.3) is 0 Å². The second kappa shape index (κ2) is 7.59. The van der Waals surface area contributed by atoms with Crippen LogP contribution in [0.4, 0.5) is 5.69 Å². The summed E-state index contributed by atoms with van der Waals surface area (Å²) in [6, 6.07) is 7.27. The molecule has 6 heteroatoms. The third-order valence-electron chi connectivity index (χ3n) is 3.60. The molecular formula is C18H21N3O3. The van der Waals surface area contributed by atoms with Gasteiger partial charge in [0.05, 0.1) is 19.0 Å². The van der Waals surface area contributed by atoms with Crippen molar-refractivity contribution in [3.63, 3.8) is 0 Å². The van der Waals surface area contributed by atoms with Crippen LogP contribution in [0.15, 0.2) is 36.7 Å². The Bertz CT molecular complexity index is 721. The maximum atomic E-state index is 12.2. The number of likely N-dealkylation sites (N-methyl/N-ethyl adjacent to an activating group) is 1. The third-order valence-corrected chi connectivity index (χ3v) is 3.60. The van der Waals surface area contributed by atoms with Gasteiger partial charge in [0.25, 0.3) is 0 Å². The van der Waals surface area contributed by atoms with E-state index in [1.807, 2.05) is 26.0 Å². The van der Waals surface area contributed by atoms with E-state index in [4.69, 9.17) is 4.74 Å². The lowest BCUT2D eigenvalue weighted by Gasteiger charge is -2.18. The molecule has 0 atom stereocenters. The molecule has 24 heavy (non-hydrogen) atoms. The van der Waals surface area contributed by atoms with Crippen molar-refractivity contribution in [2.24, 2.45) is 0 Å². The summed E-state index contributed by atoms with van der Waals surface area (Å²) < 4.78 is 5.34. The van der Waals surface area contributed by atoms with E-state index < -0.39 is 11.8 Å². The number of carbonyl (C=O) groups is 2. The molecule has 2 amide bonds. The molecule has 0 aliphatic rings.